The van der Waals surface area contributed by atoms with Crippen LogP contribution < -0.4 is 5.32 Å². The monoisotopic (exact) mass is 308 g/mol. The van der Waals surface area contributed by atoms with Crippen molar-refractivity contribution in [2.45, 2.75) is 37.8 Å². The molecule has 3 atom stereocenters. The molecular weight excluding hydrogens is 288 g/mol. The summed E-state index contributed by atoms with van der Waals surface area (Å²) in [6.45, 7) is 1.52. The molecule has 3 rings (SSSR count). The van der Waals surface area contributed by atoms with Crippen LogP contribution in [0.2, 0.25) is 0 Å². The smallest absolute Gasteiger partial charge is 0.240 e. The van der Waals surface area contributed by atoms with E-state index < -0.39 is 0 Å². The van der Waals surface area contributed by atoms with Gasteiger partial charge in [0.1, 0.15) is 6.04 Å². The second kappa shape index (κ2) is 6.81. The molecule has 2 aliphatic heterocycles. The SMILES string of the molecule is N#Cc1ccc(C[C@@H]2CN[C@H](C(=O)N3CCC[C@H]3C#N)C2)cc1. The summed E-state index contributed by atoms with van der Waals surface area (Å²) in [6, 6.07) is 11.6. The zero-order valence-electron chi connectivity index (χ0n) is 13.0. The van der Waals surface area contributed by atoms with Crippen LogP contribution in [0.4, 0.5) is 0 Å². The molecule has 5 heteroatoms. The summed E-state index contributed by atoms with van der Waals surface area (Å²) < 4.78 is 0. The van der Waals surface area contributed by atoms with Gasteiger partial charge in [0, 0.05) is 6.54 Å². The Morgan fingerprint density at radius 1 is 1.30 bits per heavy atom. The average Bonchev–Trinajstić information content (AvgIpc) is 3.24. The molecular formula is C18H20N4O. The van der Waals surface area contributed by atoms with Crippen LogP contribution in [0.25, 0.3) is 0 Å². The third-order valence-corrected chi connectivity index (χ3v) is 4.81. The second-order valence-electron chi connectivity index (χ2n) is 6.39. The van der Waals surface area contributed by atoms with Gasteiger partial charge in [-0.15, -0.1) is 0 Å². The third-order valence-electron chi connectivity index (χ3n) is 4.81. The van der Waals surface area contributed by atoms with Crippen molar-refractivity contribution >= 4 is 5.91 Å². The lowest BCUT2D eigenvalue weighted by molar-refractivity contribution is -0.133. The topological polar surface area (TPSA) is 79.9 Å². The van der Waals surface area contributed by atoms with E-state index >= 15 is 0 Å². The summed E-state index contributed by atoms with van der Waals surface area (Å²) in [7, 11) is 0. The highest BCUT2D eigenvalue weighted by molar-refractivity contribution is 5.83. The highest BCUT2D eigenvalue weighted by Gasteiger charge is 2.36. The fraction of sp³-hybridized carbons (Fsp3) is 0.500. The summed E-state index contributed by atoms with van der Waals surface area (Å²) >= 11 is 0. The van der Waals surface area contributed by atoms with Crippen molar-refractivity contribution in [2.24, 2.45) is 5.92 Å². The van der Waals surface area contributed by atoms with Crippen LogP contribution in [0.15, 0.2) is 24.3 Å². The van der Waals surface area contributed by atoms with Gasteiger partial charge in [-0.2, -0.15) is 10.5 Å². The van der Waals surface area contributed by atoms with Crippen molar-refractivity contribution in [3.8, 4) is 12.1 Å². The predicted octanol–water partition coefficient (Wildman–Crippen LogP) is 1.59. The first-order chi connectivity index (χ1) is 11.2. The molecule has 0 aromatic heterocycles. The molecule has 0 saturated carbocycles. The molecule has 2 saturated heterocycles. The largest absolute Gasteiger partial charge is 0.325 e. The lowest BCUT2D eigenvalue weighted by atomic mass is 9.96. The first-order valence-corrected chi connectivity index (χ1v) is 8.14. The Labute approximate surface area is 136 Å². The molecule has 23 heavy (non-hydrogen) atoms. The lowest BCUT2D eigenvalue weighted by Gasteiger charge is -2.23. The molecule has 1 aromatic carbocycles. The van der Waals surface area contributed by atoms with Gasteiger partial charge in [-0.3, -0.25) is 4.79 Å². The average molecular weight is 308 g/mol. The number of nitrogens with zero attached hydrogens (tertiary/aromatic N) is 3. The van der Waals surface area contributed by atoms with E-state index in [4.69, 9.17) is 10.5 Å². The van der Waals surface area contributed by atoms with Crippen molar-refractivity contribution in [1.29, 1.82) is 10.5 Å². The minimum absolute atomic E-state index is 0.0800. The van der Waals surface area contributed by atoms with Crippen LogP contribution in [-0.2, 0) is 11.2 Å². The van der Waals surface area contributed by atoms with Crippen LogP contribution in [0, 0.1) is 28.6 Å². The van der Waals surface area contributed by atoms with E-state index in [2.05, 4.69) is 17.5 Å². The maximum atomic E-state index is 12.6. The molecule has 1 aromatic rings. The van der Waals surface area contributed by atoms with Gasteiger partial charge in [0.15, 0.2) is 0 Å². The van der Waals surface area contributed by atoms with Gasteiger partial charge < -0.3 is 10.2 Å². The molecule has 2 heterocycles. The van der Waals surface area contributed by atoms with Crippen molar-refractivity contribution in [3.05, 3.63) is 35.4 Å². The molecule has 0 radical (unpaired) electrons. The molecule has 0 unspecified atom stereocenters. The van der Waals surface area contributed by atoms with E-state index in [9.17, 15) is 4.79 Å². The number of nitrogens with one attached hydrogen (secondary N) is 1. The van der Waals surface area contributed by atoms with Gasteiger partial charge in [0.2, 0.25) is 5.91 Å². The van der Waals surface area contributed by atoms with Crippen LogP contribution in [0.3, 0.4) is 0 Å². The van der Waals surface area contributed by atoms with Gasteiger partial charge >= 0.3 is 0 Å². The quantitative estimate of drug-likeness (QED) is 0.919. The lowest BCUT2D eigenvalue weighted by Crippen LogP contribution is -2.45. The maximum absolute atomic E-state index is 12.6. The number of nitriles is 2. The number of carbonyl (C=O) groups excluding carboxylic acids is 1. The van der Waals surface area contributed by atoms with Gasteiger partial charge in [0.25, 0.3) is 0 Å². The molecule has 1 N–H and O–H groups in total. The fourth-order valence-electron chi connectivity index (χ4n) is 3.57. The zero-order chi connectivity index (χ0) is 16.2. The molecule has 0 aliphatic carbocycles. The van der Waals surface area contributed by atoms with Crippen molar-refractivity contribution in [3.63, 3.8) is 0 Å². The van der Waals surface area contributed by atoms with E-state index in [-0.39, 0.29) is 18.0 Å². The number of hydrogen-bond donors (Lipinski definition) is 1. The Kier molecular flexibility index (Phi) is 4.60. The highest BCUT2D eigenvalue weighted by Crippen LogP contribution is 2.24. The van der Waals surface area contributed by atoms with E-state index in [0.717, 1.165) is 32.2 Å². The molecule has 1 amide bonds. The summed E-state index contributed by atoms with van der Waals surface area (Å²) in [5, 5.41) is 21.3. The van der Waals surface area contributed by atoms with Gasteiger partial charge in [-0.25, -0.2) is 0 Å². The molecule has 0 bridgehead atoms. The molecule has 118 valence electrons. The van der Waals surface area contributed by atoms with Crippen LogP contribution >= 0.6 is 0 Å². The highest BCUT2D eigenvalue weighted by atomic mass is 16.2. The minimum Gasteiger partial charge on any atom is -0.325 e. The number of hydrogen-bond acceptors (Lipinski definition) is 4. The molecule has 2 fully saturated rings. The zero-order valence-corrected chi connectivity index (χ0v) is 13.0. The molecule has 5 nitrogen and oxygen atoms in total. The first-order valence-electron chi connectivity index (χ1n) is 8.14. The number of amides is 1. The Balaban J connectivity index is 1.57. The summed E-state index contributed by atoms with van der Waals surface area (Å²) in [4.78, 5) is 14.3. The van der Waals surface area contributed by atoms with E-state index in [1.807, 2.05) is 24.3 Å². The van der Waals surface area contributed by atoms with Gasteiger partial charge in [-0.1, -0.05) is 12.1 Å². The summed E-state index contributed by atoms with van der Waals surface area (Å²) in [5.74, 6) is 0.497. The van der Waals surface area contributed by atoms with E-state index in [0.29, 0.717) is 18.0 Å². The van der Waals surface area contributed by atoms with Crippen LogP contribution in [0.5, 0.6) is 0 Å². The predicted molar refractivity (Wildman–Crippen MR) is 85.1 cm³/mol. The Morgan fingerprint density at radius 3 is 2.78 bits per heavy atom. The van der Waals surface area contributed by atoms with Crippen molar-refractivity contribution < 1.29 is 4.79 Å². The second-order valence-corrected chi connectivity index (χ2v) is 6.39. The number of rotatable bonds is 3. The Hall–Kier alpha value is -2.37. The van der Waals surface area contributed by atoms with Gasteiger partial charge in [-0.05, 0) is 55.8 Å². The Bertz CT molecular complexity index is 655. The van der Waals surface area contributed by atoms with Crippen LogP contribution in [0.1, 0.15) is 30.4 Å². The minimum atomic E-state index is -0.248. The first kappa shape index (κ1) is 15.5. The van der Waals surface area contributed by atoms with Crippen LogP contribution in [-0.4, -0.2) is 36.0 Å². The number of benzene rings is 1. The standard InChI is InChI=1S/C18H20N4O/c19-10-14-5-3-13(4-6-14)8-15-9-17(21-12-15)18(23)22-7-1-2-16(22)11-20/h3-6,15-17,21H,1-2,7-9,12H2/t15-,16-,17-/m0/s1. The fourth-order valence-corrected chi connectivity index (χ4v) is 3.57. The Morgan fingerprint density at radius 2 is 2.09 bits per heavy atom. The number of likely N-dealkylation sites (tertiary alicyclic amines) is 1. The van der Waals surface area contributed by atoms with Gasteiger partial charge in [0.05, 0.1) is 23.7 Å². The molecule has 0 spiro atoms. The van der Waals surface area contributed by atoms with E-state index in [1.165, 1.54) is 5.56 Å². The van der Waals surface area contributed by atoms with E-state index in [1.54, 1.807) is 4.90 Å². The maximum Gasteiger partial charge on any atom is 0.240 e. The number of carbonyl (C=O) groups is 1. The summed E-state index contributed by atoms with van der Waals surface area (Å²) in [6.07, 6.45) is 3.44. The normalized spacial score (nSPS) is 26.7. The van der Waals surface area contributed by atoms with Crippen molar-refractivity contribution in [2.75, 3.05) is 13.1 Å². The van der Waals surface area contributed by atoms with Crippen molar-refractivity contribution in [1.82, 2.24) is 10.2 Å². The molecule has 2 aliphatic rings. The summed E-state index contributed by atoms with van der Waals surface area (Å²) in [5.41, 5.74) is 1.86. The third kappa shape index (κ3) is 3.36.